The first-order chi connectivity index (χ1) is 25.3. The predicted molar refractivity (Wildman–Crippen MR) is 181 cm³/mol. The molecule has 0 radical (unpaired) electrons. The Bertz CT molecular complexity index is 1970. The van der Waals surface area contributed by atoms with Gasteiger partial charge in [0.05, 0.1) is 0 Å². The summed E-state index contributed by atoms with van der Waals surface area (Å²) in [4.78, 5) is 25.7. The third-order valence-corrected chi connectivity index (χ3v) is 17.3. The summed E-state index contributed by atoms with van der Waals surface area (Å²) in [5.41, 5.74) is 2.36. The molecule has 2 aromatic rings. The van der Waals surface area contributed by atoms with Crippen LogP contribution in [0.2, 0.25) is 0 Å². The maximum absolute atomic E-state index is 15.9. The fraction of sp³-hybridized carbons (Fsp3) is 0.667. The van der Waals surface area contributed by atoms with E-state index < -0.39 is 44.0 Å². The molecule has 12 saturated carbocycles. The zero-order valence-corrected chi connectivity index (χ0v) is 30.2. The molecule has 0 aromatic heterocycles. The number of ether oxygens (including phenoxy) is 1. The number of Topliss-reactive ketones (excluding diaryl/α,β-unsaturated/α-hetero) is 2. The highest BCUT2D eigenvalue weighted by Gasteiger charge is 2.58. The molecule has 14 rings (SSSR count). The fourth-order valence-electron chi connectivity index (χ4n) is 15.2. The molecule has 0 spiro atoms. The maximum Gasteiger partial charge on any atom is 0.205 e. The summed E-state index contributed by atoms with van der Waals surface area (Å²) in [7, 11) is -5.92. The Morgan fingerprint density at radius 2 is 0.943 bits per heavy atom. The Labute approximate surface area is 306 Å². The summed E-state index contributed by atoms with van der Waals surface area (Å²) in [6.45, 7) is 0. The molecule has 12 fully saturated rings. The molecular weight excluding hydrogens is 709 g/mol. The van der Waals surface area contributed by atoms with Gasteiger partial charge in [-0.3, -0.25) is 9.59 Å². The van der Waals surface area contributed by atoms with Gasteiger partial charge in [0.1, 0.15) is 32.3 Å². The Morgan fingerprint density at radius 3 is 1.38 bits per heavy atom. The average Bonchev–Trinajstić information content (AvgIpc) is 3.09. The van der Waals surface area contributed by atoms with E-state index in [1.807, 2.05) is 0 Å². The number of carbonyl (C=O) groups is 2. The van der Waals surface area contributed by atoms with Gasteiger partial charge in [0, 0.05) is 35.5 Å². The lowest BCUT2D eigenvalue weighted by molar-refractivity contribution is -0.142. The van der Waals surface area contributed by atoms with E-state index in [-0.39, 0.29) is 70.6 Å². The molecule has 0 amide bonds. The number of hydrogen-bond acceptors (Lipinski definition) is 6. The lowest BCUT2D eigenvalue weighted by Gasteiger charge is -2.56. The zero-order chi connectivity index (χ0) is 36.4. The normalized spacial score (nSPS) is 43.0. The summed E-state index contributed by atoms with van der Waals surface area (Å²) in [6, 6.07) is 4.17. The number of halogens is 4. The smallest absolute Gasteiger partial charge is 0.205 e. The quantitative estimate of drug-likeness (QED) is 0.166. The summed E-state index contributed by atoms with van der Waals surface area (Å²) in [6.07, 6.45) is 12.2. The topological polar surface area (TPSA) is 101 Å². The van der Waals surface area contributed by atoms with E-state index in [0.29, 0.717) is 60.5 Å². The minimum absolute atomic E-state index is 0.0214. The number of rotatable bonds is 6. The molecule has 6 nitrogen and oxygen atoms in total. The first-order valence-corrected chi connectivity index (χ1v) is 21.5. The van der Waals surface area contributed by atoms with Crippen LogP contribution >= 0.6 is 0 Å². The van der Waals surface area contributed by atoms with Gasteiger partial charge < -0.3 is 9.29 Å². The first kappa shape index (κ1) is 33.5. The van der Waals surface area contributed by atoms with Crippen LogP contribution in [0.25, 0.3) is 0 Å². The van der Waals surface area contributed by atoms with E-state index in [9.17, 15) is 22.6 Å². The van der Waals surface area contributed by atoms with Crippen LogP contribution in [0.4, 0.5) is 17.6 Å². The average molecular weight is 752 g/mol. The van der Waals surface area contributed by atoms with Crippen LogP contribution in [0.1, 0.15) is 118 Å². The van der Waals surface area contributed by atoms with Gasteiger partial charge in [-0.05, 0) is 153 Å². The largest absolute Gasteiger partial charge is 0.744 e. The van der Waals surface area contributed by atoms with Crippen molar-refractivity contribution in [1.82, 2.24) is 0 Å². The highest BCUT2D eigenvalue weighted by atomic mass is 32.2. The van der Waals surface area contributed by atoms with Crippen LogP contribution in [0.15, 0.2) is 17.0 Å². The van der Waals surface area contributed by atoms with Crippen LogP contribution in [-0.4, -0.2) is 24.5 Å². The molecule has 12 bridgehead atoms. The van der Waals surface area contributed by atoms with E-state index >= 15 is 17.6 Å². The van der Waals surface area contributed by atoms with E-state index in [0.717, 1.165) is 68.8 Å². The molecule has 0 heterocycles. The second kappa shape index (κ2) is 11.4. The summed E-state index contributed by atoms with van der Waals surface area (Å²) in [5, 5.41) is 0. The van der Waals surface area contributed by atoms with Gasteiger partial charge >= 0.3 is 0 Å². The van der Waals surface area contributed by atoms with Gasteiger partial charge in [0.25, 0.3) is 0 Å². The van der Waals surface area contributed by atoms with Crippen molar-refractivity contribution < 1.29 is 44.9 Å². The Balaban J connectivity index is 1.15. The molecule has 282 valence electrons. The lowest BCUT2D eigenvalue weighted by atomic mass is 9.48. The van der Waals surface area contributed by atoms with Crippen LogP contribution < -0.4 is 4.74 Å². The number of ketones is 2. The van der Waals surface area contributed by atoms with Crippen molar-refractivity contribution >= 4 is 21.7 Å². The van der Waals surface area contributed by atoms with Crippen molar-refractivity contribution in [3.05, 3.63) is 52.1 Å². The molecule has 0 aliphatic heterocycles. The first-order valence-electron chi connectivity index (χ1n) is 20.1. The lowest BCUT2D eigenvalue weighted by Crippen LogP contribution is -2.51. The molecule has 0 saturated heterocycles. The Morgan fingerprint density at radius 1 is 0.528 bits per heavy atom. The zero-order valence-electron chi connectivity index (χ0n) is 29.4. The SMILES string of the molecule is O=C1C2CC3CC(C2)C(c2cc(C4C5CC6CC(C5)CC4C6)cc(C4C5CC6CC(C5)C(=O)C4C6)c2Oc2c(F)c(F)c(S(=O)(=O)[O-])c(F)c2F)C1C3. The highest BCUT2D eigenvalue weighted by Crippen LogP contribution is 2.66. The van der Waals surface area contributed by atoms with Crippen molar-refractivity contribution in [2.24, 2.45) is 71.0 Å². The second-order valence-corrected chi connectivity index (χ2v) is 20.4. The van der Waals surface area contributed by atoms with Crippen LogP contribution in [0, 0.1) is 94.3 Å². The van der Waals surface area contributed by atoms with Gasteiger partial charge in [-0.1, -0.05) is 12.1 Å². The van der Waals surface area contributed by atoms with Gasteiger partial charge in [-0.15, -0.1) is 0 Å². The minimum atomic E-state index is -5.92. The third kappa shape index (κ3) is 4.80. The summed E-state index contributed by atoms with van der Waals surface area (Å²) >= 11 is 0. The predicted octanol–water partition coefficient (Wildman–Crippen LogP) is 8.92. The van der Waals surface area contributed by atoms with E-state index in [1.165, 1.54) is 6.42 Å². The van der Waals surface area contributed by atoms with Crippen molar-refractivity contribution in [3.8, 4) is 11.5 Å². The van der Waals surface area contributed by atoms with Crippen LogP contribution in [0.3, 0.4) is 0 Å². The minimum Gasteiger partial charge on any atom is -0.744 e. The number of hydrogen-bond donors (Lipinski definition) is 0. The van der Waals surface area contributed by atoms with Gasteiger partial charge in [-0.2, -0.15) is 8.78 Å². The van der Waals surface area contributed by atoms with Crippen molar-refractivity contribution in [2.75, 3.05) is 0 Å². The molecule has 10 atom stereocenters. The molecule has 10 unspecified atom stereocenters. The molecule has 53 heavy (non-hydrogen) atoms. The molecule has 0 N–H and O–H groups in total. The third-order valence-electron chi connectivity index (χ3n) is 16.4. The molecule has 2 aromatic carbocycles. The van der Waals surface area contributed by atoms with Gasteiger partial charge in [0.2, 0.25) is 17.4 Å². The Hall–Kier alpha value is -2.79. The van der Waals surface area contributed by atoms with E-state index in [2.05, 4.69) is 12.1 Å². The molecule has 12 aliphatic rings. The monoisotopic (exact) mass is 751 g/mol. The van der Waals surface area contributed by atoms with Crippen LogP contribution in [-0.2, 0) is 19.7 Å². The number of carbonyl (C=O) groups excluding carboxylic acids is 2. The van der Waals surface area contributed by atoms with Gasteiger partial charge in [-0.25, -0.2) is 17.2 Å². The molecular formula is C42H43F4O6S-. The van der Waals surface area contributed by atoms with Gasteiger partial charge in [0.15, 0.2) is 11.6 Å². The fourth-order valence-corrected chi connectivity index (χ4v) is 15.8. The molecule has 11 heteroatoms. The van der Waals surface area contributed by atoms with Crippen molar-refractivity contribution in [3.63, 3.8) is 0 Å². The summed E-state index contributed by atoms with van der Waals surface area (Å²) < 4.78 is 104. The second-order valence-electron chi connectivity index (χ2n) is 19.1. The summed E-state index contributed by atoms with van der Waals surface area (Å²) in [5.74, 6) is -7.59. The molecule has 12 aliphatic carbocycles. The Kier molecular flexibility index (Phi) is 7.21. The van der Waals surface area contributed by atoms with E-state index in [4.69, 9.17) is 4.74 Å². The number of benzene rings is 2. The van der Waals surface area contributed by atoms with Crippen molar-refractivity contribution in [2.45, 2.75) is 106 Å². The van der Waals surface area contributed by atoms with E-state index in [1.54, 1.807) is 0 Å². The standard InChI is InChI=1S/C42H44F4O6S/c43-34-36(45)42(53(49,50)51)37(46)35(44)41(34)52-40-29(32-22-6-18-8-25(12-22)38(47)27(32)10-18)14-24(31-20-2-16-1-17(4-20)5-21(31)3-16)15-30(40)33-23-7-19-9-26(13-23)39(48)28(33)11-19/h14-23,25-28,31-33H,1-13H2,(H,49,50,51)/p-1. The van der Waals surface area contributed by atoms with Crippen LogP contribution in [0.5, 0.6) is 11.5 Å². The maximum atomic E-state index is 15.9. The van der Waals surface area contributed by atoms with Crippen molar-refractivity contribution in [1.29, 1.82) is 0 Å². The highest BCUT2D eigenvalue weighted by molar-refractivity contribution is 7.85.